The van der Waals surface area contributed by atoms with Gasteiger partial charge in [-0.25, -0.2) is 8.42 Å². The van der Waals surface area contributed by atoms with Gasteiger partial charge in [-0.15, -0.1) is 0 Å². The SMILES string of the molecule is Cc1ccc(CN(c2ccc(C(=O)NCc3ccc(N4CCCC4)cc3)cc2)S(C)(=O)=O)cc1. The van der Waals surface area contributed by atoms with Gasteiger partial charge in [0.05, 0.1) is 18.5 Å². The Labute approximate surface area is 202 Å². The first-order chi connectivity index (χ1) is 16.3. The van der Waals surface area contributed by atoms with Gasteiger partial charge >= 0.3 is 0 Å². The Morgan fingerprint density at radius 3 is 2.06 bits per heavy atom. The summed E-state index contributed by atoms with van der Waals surface area (Å²) in [5.41, 5.74) is 5.29. The second-order valence-electron chi connectivity index (χ2n) is 8.85. The van der Waals surface area contributed by atoms with E-state index in [2.05, 4.69) is 22.3 Å². The van der Waals surface area contributed by atoms with Gasteiger partial charge in [0.25, 0.3) is 5.91 Å². The lowest BCUT2D eigenvalue weighted by atomic mass is 10.1. The number of hydrogen-bond acceptors (Lipinski definition) is 4. The quantitative estimate of drug-likeness (QED) is 0.519. The van der Waals surface area contributed by atoms with Crippen molar-refractivity contribution in [3.63, 3.8) is 0 Å². The van der Waals surface area contributed by atoms with Crippen LogP contribution in [0, 0.1) is 6.92 Å². The Morgan fingerprint density at radius 1 is 0.882 bits per heavy atom. The molecule has 0 saturated carbocycles. The van der Waals surface area contributed by atoms with Gasteiger partial charge in [0.15, 0.2) is 0 Å². The molecular formula is C27H31N3O3S. The van der Waals surface area contributed by atoms with Crippen LogP contribution in [0.5, 0.6) is 0 Å². The Bertz CT molecular complexity index is 1220. The summed E-state index contributed by atoms with van der Waals surface area (Å²) in [6.45, 7) is 4.87. The second-order valence-corrected chi connectivity index (χ2v) is 10.8. The first-order valence-corrected chi connectivity index (χ1v) is 13.4. The third-order valence-corrected chi connectivity index (χ3v) is 7.27. The molecule has 6 nitrogen and oxygen atoms in total. The maximum atomic E-state index is 12.6. The highest BCUT2D eigenvalue weighted by molar-refractivity contribution is 7.92. The molecule has 0 spiro atoms. The molecule has 0 radical (unpaired) electrons. The van der Waals surface area contributed by atoms with E-state index in [4.69, 9.17) is 0 Å². The molecule has 0 atom stereocenters. The van der Waals surface area contributed by atoms with Crippen LogP contribution in [0.2, 0.25) is 0 Å². The van der Waals surface area contributed by atoms with Crippen LogP contribution in [0.4, 0.5) is 11.4 Å². The van der Waals surface area contributed by atoms with Crippen LogP contribution in [0.25, 0.3) is 0 Å². The lowest BCUT2D eigenvalue weighted by Gasteiger charge is -2.23. The normalized spacial score (nSPS) is 13.6. The van der Waals surface area contributed by atoms with Crippen molar-refractivity contribution >= 4 is 27.3 Å². The third-order valence-electron chi connectivity index (χ3n) is 6.13. The van der Waals surface area contributed by atoms with Gasteiger partial charge in [-0.05, 0) is 67.3 Å². The lowest BCUT2D eigenvalue weighted by molar-refractivity contribution is 0.0951. The smallest absolute Gasteiger partial charge is 0.251 e. The molecular weight excluding hydrogens is 446 g/mol. The monoisotopic (exact) mass is 477 g/mol. The van der Waals surface area contributed by atoms with Gasteiger partial charge < -0.3 is 10.2 Å². The minimum Gasteiger partial charge on any atom is -0.372 e. The number of amides is 1. The number of benzene rings is 3. The topological polar surface area (TPSA) is 69.7 Å². The summed E-state index contributed by atoms with van der Waals surface area (Å²) in [4.78, 5) is 15.0. The predicted octanol–water partition coefficient (Wildman–Crippen LogP) is 4.49. The van der Waals surface area contributed by atoms with Crippen molar-refractivity contribution < 1.29 is 13.2 Å². The summed E-state index contributed by atoms with van der Waals surface area (Å²) in [7, 11) is -3.49. The molecule has 4 rings (SSSR count). The van der Waals surface area contributed by atoms with Crippen molar-refractivity contribution in [3.8, 4) is 0 Å². The number of sulfonamides is 1. The highest BCUT2D eigenvalue weighted by Crippen LogP contribution is 2.22. The van der Waals surface area contributed by atoms with Crippen LogP contribution in [-0.4, -0.2) is 33.7 Å². The van der Waals surface area contributed by atoms with Gasteiger partial charge in [0, 0.05) is 30.9 Å². The molecule has 1 N–H and O–H groups in total. The predicted molar refractivity (Wildman–Crippen MR) is 138 cm³/mol. The van der Waals surface area contributed by atoms with E-state index in [1.54, 1.807) is 24.3 Å². The molecule has 1 saturated heterocycles. The summed E-state index contributed by atoms with van der Waals surface area (Å²) >= 11 is 0. The molecule has 1 fully saturated rings. The van der Waals surface area contributed by atoms with E-state index < -0.39 is 10.0 Å². The largest absolute Gasteiger partial charge is 0.372 e. The van der Waals surface area contributed by atoms with Crippen molar-refractivity contribution in [2.45, 2.75) is 32.9 Å². The number of carbonyl (C=O) groups is 1. The number of rotatable bonds is 8. The van der Waals surface area contributed by atoms with Gasteiger partial charge in [-0.3, -0.25) is 9.10 Å². The maximum Gasteiger partial charge on any atom is 0.251 e. The summed E-state index contributed by atoms with van der Waals surface area (Å²) in [6, 6.07) is 22.8. The number of aryl methyl sites for hydroxylation is 1. The van der Waals surface area contributed by atoms with E-state index in [1.807, 2.05) is 43.3 Å². The number of nitrogens with zero attached hydrogens (tertiary/aromatic N) is 2. The molecule has 178 valence electrons. The minimum absolute atomic E-state index is 0.195. The zero-order valence-electron chi connectivity index (χ0n) is 19.7. The van der Waals surface area contributed by atoms with Crippen LogP contribution in [0.15, 0.2) is 72.8 Å². The van der Waals surface area contributed by atoms with Crippen molar-refractivity contribution in [2.24, 2.45) is 0 Å². The number of anilines is 2. The van der Waals surface area contributed by atoms with E-state index in [0.717, 1.165) is 29.8 Å². The van der Waals surface area contributed by atoms with E-state index in [9.17, 15) is 13.2 Å². The van der Waals surface area contributed by atoms with Gasteiger partial charge in [0.2, 0.25) is 10.0 Å². The molecule has 0 aromatic heterocycles. The zero-order valence-corrected chi connectivity index (χ0v) is 20.5. The zero-order chi connectivity index (χ0) is 24.1. The van der Waals surface area contributed by atoms with Crippen molar-refractivity contribution in [1.82, 2.24) is 5.32 Å². The molecule has 0 unspecified atom stereocenters. The highest BCUT2D eigenvalue weighted by Gasteiger charge is 2.18. The van der Waals surface area contributed by atoms with Gasteiger partial charge in [-0.2, -0.15) is 0 Å². The number of hydrogen-bond donors (Lipinski definition) is 1. The van der Waals surface area contributed by atoms with Gasteiger partial charge in [-0.1, -0.05) is 42.0 Å². The highest BCUT2D eigenvalue weighted by atomic mass is 32.2. The van der Waals surface area contributed by atoms with E-state index in [-0.39, 0.29) is 12.5 Å². The van der Waals surface area contributed by atoms with Crippen LogP contribution >= 0.6 is 0 Å². The molecule has 0 bridgehead atoms. The summed E-state index contributed by atoms with van der Waals surface area (Å²) in [5.74, 6) is -0.195. The Morgan fingerprint density at radius 2 is 1.47 bits per heavy atom. The van der Waals surface area contributed by atoms with E-state index in [0.29, 0.717) is 17.8 Å². The molecule has 3 aromatic rings. The second kappa shape index (κ2) is 10.3. The Balaban J connectivity index is 1.39. The number of carbonyl (C=O) groups excluding carboxylic acids is 1. The fourth-order valence-electron chi connectivity index (χ4n) is 4.12. The first-order valence-electron chi connectivity index (χ1n) is 11.5. The van der Waals surface area contributed by atoms with Crippen molar-refractivity contribution in [3.05, 3.63) is 95.1 Å². The minimum atomic E-state index is -3.49. The van der Waals surface area contributed by atoms with E-state index >= 15 is 0 Å². The fraction of sp³-hybridized carbons (Fsp3) is 0.296. The fourth-order valence-corrected chi connectivity index (χ4v) is 5.01. The van der Waals surface area contributed by atoms with Crippen LogP contribution in [-0.2, 0) is 23.1 Å². The summed E-state index contributed by atoms with van der Waals surface area (Å²) in [5, 5.41) is 2.94. The Kier molecular flexibility index (Phi) is 7.22. The van der Waals surface area contributed by atoms with Gasteiger partial charge in [0.1, 0.15) is 0 Å². The summed E-state index contributed by atoms with van der Waals surface area (Å²) < 4.78 is 26.2. The molecule has 1 amide bonds. The maximum absolute atomic E-state index is 12.6. The molecule has 3 aromatic carbocycles. The van der Waals surface area contributed by atoms with Crippen molar-refractivity contribution in [1.29, 1.82) is 0 Å². The van der Waals surface area contributed by atoms with E-state index in [1.165, 1.54) is 29.1 Å². The molecule has 1 aliphatic rings. The van der Waals surface area contributed by atoms with Crippen molar-refractivity contribution in [2.75, 3.05) is 28.6 Å². The standard InChI is InChI=1S/C27H31N3O3S/c1-21-5-7-23(8-6-21)20-30(34(2,32)33)26-15-11-24(12-16-26)27(31)28-19-22-9-13-25(14-10-22)29-17-3-4-18-29/h5-16H,3-4,17-20H2,1-2H3,(H,28,31). The molecule has 1 aliphatic heterocycles. The van der Waals surface area contributed by atoms with Crippen LogP contribution in [0.3, 0.4) is 0 Å². The average Bonchev–Trinajstić information content (AvgIpc) is 3.37. The summed E-state index contributed by atoms with van der Waals surface area (Å²) in [6.07, 6.45) is 3.67. The average molecular weight is 478 g/mol. The lowest BCUT2D eigenvalue weighted by Crippen LogP contribution is -2.29. The first kappa shape index (κ1) is 23.8. The van der Waals surface area contributed by atoms with Crippen LogP contribution < -0.4 is 14.5 Å². The number of nitrogens with one attached hydrogen (secondary N) is 1. The molecule has 34 heavy (non-hydrogen) atoms. The molecule has 0 aliphatic carbocycles. The Hall–Kier alpha value is -3.32. The molecule has 1 heterocycles. The third kappa shape index (κ3) is 5.97. The molecule has 7 heteroatoms. The van der Waals surface area contributed by atoms with Crippen LogP contribution in [0.1, 0.15) is 39.9 Å².